The monoisotopic (exact) mass is 495 g/mol. The van der Waals surface area contributed by atoms with Gasteiger partial charge in [0.1, 0.15) is 0 Å². The van der Waals surface area contributed by atoms with Gasteiger partial charge in [0.2, 0.25) is 5.95 Å². The third kappa shape index (κ3) is 5.70. The first-order valence-corrected chi connectivity index (χ1v) is 11.5. The quantitative estimate of drug-likeness (QED) is 0.433. The second kappa shape index (κ2) is 9.31. The van der Waals surface area contributed by atoms with Gasteiger partial charge in [-0.2, -0.15) is 8.78 Å². The van der Waals surface area contributed by atoms with Crippen molar-refractivity contribution in [2.24, 2.45) is 0 Å². The SMILES string of the molecule is CCOP(=O)(OCC)C(F)(F)c1cc2nc(NCCC(C)(C)O)ncc2cc1Br. The number of hydrogen-bond donors (Lipinski definition) is 2. The lowest BCUT2D eigenvalue weighted by atomic mass is 10.1. The highest BCUT2D eigenvalue weighted by Crippen LogP contribution is 2.67. The molecule has 29 heavy (non-hydrogen) atoms. The highest BCUT2D eigenvalue weighted by atomic mass is 79.9. The van der Waals surface area contributed by atoms with E-state index in [1.807, 2.05) is 0 Å². The second-order valence-electron chi connectivity index (χ2n) is 6.95. The number of rotatable bonds is 10. The molecule has 0 fully saturated rings. The number of benzene rings is 1. The van der Waals surface area contributed by atoms with Crippen molar-refractivity contribution in [1.29, 1.82) is 0 Å². The maximum atomic E-state index is 15.2. The van der Waals surface area contributed by atoms with Gasteiger partial charge in [-0.15, -0.1) is 0 Å². The smallest absolute Gasteiger partial charge is 0.390 e. The van der Waals surface area contributed by atoms with Gasteiger partial charge in [-0.05, 0) is 46.2 Å². The molecule has 162 valence electrons. The van der Waals surface area contributed by atoms with Crippen LogP contribution in [0.15, 0.2) is 22.8 Å². The number of halogens is 3. The van der Waals surface area contributed by atoms with Crippen LogP contribution in [0.4, 0.5) is 14.7 Å². The molecule has 0 aliphatic heterocycles. The third-order valence-electron chi connectivity index (χ3n) is 3.95. The highest BCUT2D eigenvalue weighted by Gasteiger charge is 2.55. The van der Waals surface area contributed by atoms with Gasteiger partial charge in [-0.3, -0.25) is 4.57 Å². The van der Waals surface area contributed by atoms with Crippen molar-refractivity contribution in [2.45, 2.75) is 45.4 Å². The molecule has 0 amide bonds. The lowest BCUT2D eigenvalue weighted by Crippen LogP contribution is -2.23. The molecule has 0 spiro atoms. The number of alkyl halides is 2. The maximum absolute atomic E-state index is 15.2. The molecule has 1 aromatic heterocycles. The summed E-state index contributed by atoms with van der Waals surface area (Å²) in [7, 11) is -4.75. The van der Waals surface area contributed by atoms with E-state index in [0.717, 1.165) is 6.07 Å². The topological polar surface area (TPSA) is 93.6 Å². The van der Waals surface area contributed by atoms with Crippen LogP contribution in [0.2, 0.25) is 0 Å². The van der Waals surface area contributed by atoms with Crippen molar-refractivity contribution in [3.8, 4) is 0 Å². The van der Waals surface area contributed by atoms with Crippen molar-refractivity contribution in [1.82, 2.24) is 9.97 Å². The molecule has 0 atom stereocenters. The van der Waals surface area contributed by atoms with E-state index in [9.17, 15) is 9.67 Å². The van der Waals surface area contributed by atoms with Crippen LogP contribution in [0.5, 0.6) is 0 Å². The molecule has 11 heteroatoms. The predicted molar refractivity (Wildman–Crippen MR) is 111 cm³/mol. The summed E-state index contributed by atoms with van der Waals surface area (Å²) in [4.78, 5) is 8.41. The predicted octanol–water partition coefficient (Wildman–Crippen LogP) is 5.28. The third-order valence-corrected chi connectivity index (χ3v) is 6.74. The molecule has 1 heterocycles. The molecule has 0 radical (unpaired) electrons. The number of nitrogens with zero attached hydrogens (tertiary/aromatic N) is 2. The molecule has 0 bridgehead atoms. The van der Waals surface area contributed by atoms with Gasteiger partial charge in [-0.25, -0.2) is 9.97 Å². The van der Waals surface area contributed by atoms with Crippen LogP contribution in [-0.4, -0.2) is 40.4 Å². The van der Waals surface area contributed by atoms with Crippen molar-refractivity contribution in [3.05, 3.63) is 28.4 Å². The Morgan fingerprint density at radius 1 is 1.24 bits per heavy atom. The molecule has 0 aliphatic carbocycles. The Balaban J connectivity index is 2.43. The number of nitrogens with one attached hydrogen (secondary N) is 1. The fourth-order valence-corrected chi connectivity index (χ4v) is 4.86. The molecule has 0 aliphatic rings. The molecular formula is C18H25BrF2N3O4P. The molecular weight excluding hydrogens is 471 g/mol. The minimum absolute atomic E-state index is 0.0426. The van der Waals surface area contributed by atoms with Gasteiger partial charge in [0.25, 0.3) is 0 Å². The van der Waals surface area contributed by atoms with Crippen LogP contribution in [0.3, 0.4) is 0 Å². The Hall–Kier alpha value is -1.19. The largest absolute Gasteiger partial charge is 0.404 e. The normalized spacial score (nSPS) is 13.1. The van der Waals surface area contributed by atoms with E-state index < -0.39 is 24.4 Å². The van der Waals surface area contributed by atoms with Crippen LogP contribution in [-0.2, 0) is 19.3 Å². The molecule has 7 nitrogen and oxygen atoms in total. The Kier molecular flexibility index (Phi) is 7.73. The summed E-state index contributed by atoms with van der Waals surface area (Å²) in [5, 5.41) is 13.2. The standard InChI is InChI=1S/C18H25BrF2N3O4P/c1-5-27-29(26,28-6-2)18(20,21)13-10-15-12(9-14(13)19)11-23-16(24-15)22-8-7-17(3,4)25/h9-11,25H,5-8H2,1-4H3,(H,22,23,24). The fraction of sp³-hybridized carbons (Fsp3) is 0.556. The second-order valence-corrected chi connectivity index (χ2v) is 9.88. The summed E-state index contributed by atoms with van der Waals surface area (Å²) in [6, 6.07) is 2.58. The number of hydrogen-bond acceptors (Lipinski definition) is 7. The molecule has 1 aromatic carbocycles. The van der Waals surface area contributed by atoms with Crippen LogP contribution in [0, 0.1) is 0 Å². The highest BCUT2D eigenvalue weighted by molar-refractivity contribution is 9.10. The zero-order chi connectivity index (χ0) is 21.9. The summed E-state index contributed by atoms with van der Waals surface area (Å²) in [5.74, 6) is 0.233. The van der Waals surface area contributed by atoms with Crippen molar-refractivity contribution < 1.29 is 27.5 Å². The average molecular weight is 496 g/mol. The first-order chi connectivity index (χ1) is 13.4. The van der Waals surface area contributed by atoms with Gasteiger partial charge < -0.3 is 19.5 Å². The lowest BCUT2D eigenvalue weighted by molar-refractivity contribution is 0.0355. The molecule has 0 unspecified atom stereocenters. The maximum Gasteiger partial charge on any atom is 0.404 e. The molecule has 0 saturated carbocycles. The molecule has 2 N–H and O–H groups in total. The number of aliphatic hydroxyl groups is 1. The Labute approximate surface area is 176 Å². The van der Waals surface area contributed by atoms with Gasteiger partial charge in [0, 0.05) is 28.2 Å². The minimum atomic E-state index is -4.75. The zero-order valence-corrected chi connectivity index (χ0v) is 19.2. The van der Waals surface area contributed by atoms with E-state index in [2.05, 4.69) is 31.2 Å². The van der Waals surface area contributed by atoms with Crippen molar-refractivity contribution in [3.63, 3.8) is 0 Å². The lowest BCUT2D eigenvalue weighted by Gasteiger charge is -2.26. The summed E-state index contributed by atoms with van der Waals surface area (Å²) in [5.41, 5.74) is -5.05. The Morgan fingerprint density at radius 2 is 1.86 bits per heavy atom. The average Bonchev–Trinajstić information content (AvgIpc) is 2.60. The van der Waals surface area contributed by atoms with E-state index in [1.54, 1.807) is 13.8 Å². The van der Waals surface area contributed by atoms with Crippen LogP contribution < -0.4 is 5.32 Å². The van der Waals surface area contributed by atoms with E-state index in [0.29, 0.717) is 18.4 Å². The number of aromatic nitrogens is 2. The summed E-state index contributed by atoms with van der Waals surface area (Å²) < 4.78 is 52.8. The van der Waals surface area contributed by atoms with E-state index in [4.69, 9.17) is 9.05 Å². The minimum Gasteiger partial charge on any atom is -0.390 e. The summed E-state index contributed by atoms with van der Waals surface area (Å²) in [6.07, 6.45) is 1.94. The van der Waals surface area contributed by atoms with E-state index in [-0.39, 0.29) is 29.2 Å². The van der Waals surface area contributed by atoms with Crippen molar-refractivity contribution >= 4 is 40.4 Å². The summed E-state index contributed by atoms with van der Waals surface area (Å²) in [6.45, 7) is 6.32. The fourth-order valence-electron chi connectivity index (χ4n) is 2.53. The van der Waals surface area contributed by atoms with E-state index in [1.165, 1.54) is 26.1 Å². The van der Waals surface area contributed by atoms with Gasteiger partial charge in [0.15, 0.2) is 0 Å². The van der Waals surface area contributed by atoms with Gasteiger partial charge >= 0.3 is 13.3 Å². The first-order valence-electron chi connectivity index (χ1n) is 9.13. The molecule has 2 rings (SSSR count). The molecule has 2 aromatic rings. The molecule has 0 saturated heterocycles. The van der Waals surface area contributed by atoms with Gasteiger partial charge in [-0.1, -0.05) is 15.9 Å². The van der Waals surface area contributed by atoms with Crippen LogP contribution in [0.25, 0.3) is 10.9 Å². The van der Waals surface area contributed by atoms with Crippen molar-refractivity contribution in [2.75, 3.05) is 25.1 Å². The van der Waals surface area contributed by atoms with E-state index >= 15 is 8.78 Å². The number of anilines is 1. The van der Waals surface area contributed by atoms with Crippen LogP contribution in [0.1, 0.15) is 39.7 Å². The first kappa shape index (κ1) is 24.1. The van der Waals surface area contributed by atoms with Gasteiger partial charge in [0.05, 0.1) is 24.3 Å². The Bertz CT molecular complexity index is 899. The number of fused-ring (bicyclic) bond motifs is 1. The van der Waals surface area contributed by atoms with Crippen LogP contribution >= 0.6 is 23.5 Å². The Morgan fingerprint density at radius 3 is 2.41 bits per heavy atom. The summed E-state index contributed by atoms with van der Waals surface area (Å²) >= 11 is 3.12. The zero-order valence-electron chi connectivity index (χ0n) is 16.7.